The molecule has 5 heteroatoms. The minimum Gasteiger partial charge on any atom is -0.507 e. The highest BCUT2D eigenvalue weighted by atomic mass is 16.5. The number of carbonyl (C=O) groups is 1. The summed E-state index contributed by atoms with van der Waals surface area (Å²) in [7, 11) is 0. The monoisotopic (exact) mass is 308 g/mol. The molecule has 4 N–H and O–H groups in total. The summed E-state index contributed by atoms with van der Waals surface area (Å²) in [5.41, 5.74) is 2.13. The maximum atomic E-state index is 11.3. The molecule has 1 aromatic carbocycles. The van der Waals surface area contributed by atoms with Gasteiger partial charge in [0.15, 0.2) is 0 Å². The number of amides is 1. The Morgan fingerprint density at radius 3 is 2.36 bits per heavy atom. The Labute approximate surface area is 132 Å². The molecule has 0 saturated carbocycles. The molecule has 0 fully saturated rings. The summed E-state index contributed by atoms with van der Waals surface area (Å²) < 4.78 is 5.58. The summed E-state index contributed by atoms with van der Waals surface area (Å²) >= 11 is 0. The molecule has 0 spiro atoms. The Morgan fingerprint density at radius 2 is 1.77 bits per heavy atom. The fourth-order valence-corrected chi connectivity index (χ4v) is 2.30. The van der Waals surface area contributed by atoms with Gasteiger partial charge in [0.1, 0.15) is 11.5 Å². The van der Waals surface area contributed by atoms with E-state index >= 15 is 0 Å². The van der Waals surface area contributed by atoms with Gasteiger partial charge >= 0.3 is 0 Å². The van der Waals surface area contributed by atoms with Crippen molar-refractivity contribution in [2.75, 3.05) is 6.61 Å². The van der Waals surface area contributed by atoms with Crippen LogP contribution in [-0.2, 0) is 0 Å². The third-order valence-corrected chi connectivity index (χ3v) is 3.61. The number of carbonyl (C=O) groups excluding carboxylic acids is 1. The van der Waals surface area contributed by atoms with Crippen molar-refractivity contribution in [3.8, 4) is 11.5 Å². The van der Waals surface area contributed by atoms with Gasteiger partial charge in [-0.1, -0.05) is 51.9 Å². The zero-order valence-electron chi connectivity index (χ0n) is 13.4. The standard InChI is InChI=1S/C17H28N2O3/c1-2-3-4-5-6-7-8-9-12-22-14-10-11-15(16(20)13-14)17(21)19-18/h10-11,13,20H,2-9,12,18H2,1H3,(H,19,21). The predicted octanol–water partition coefficient (Wildman–Crippen LogP) is 3.52. The summed E-state index contributed by atoms with van der Waals surface area (Å²) in [4.78, 5) is 11.3. The van der Waals surface area contributed by atoms with E-state index in [1.165, 1.54) is 50.7 Å². The van der Waals surface area contributed by atoms with E-state index in [0.717, 1.165) is 12.8 Å². The number of benzene rings is 1. The van der Waals surface area contributed by atoms with E-state index in [1.54, 1.807) is 6.07 Å². The molecule has 124 valence electrons. The molecule has 0 aliphatic rings. The minimum atomic E-state index is -0.521. The number of nitrogen functional groups attached to an aromatic ring is 1. The zero-order chi connectivity index (χ0) is 16.2. The number of unbranched alkanes of at least 4 members (excludes halogenated alkanes) is 7. The van der Waals surface area contributed by atoms with Crippen LogP contribution in [0.4, 0.5) is 0 Å². The van der Waals surface area contributed by atoms with Gasteiger partial charge in [0, 0.05) is 6.07 Å². The van der Waals surface area contributed by atoms with Crippen LogP contribution in [0.1, 0.15) is 68.6 Å². The molecular formula is C17H28N2O3. The Kier molecular flexibility index (Phi) is 9.07. The minimum absolute atomic E-state index is 0.128. The molecule has 0 aliphatic carbocycles. The predicted molar refractivity (Wildman–Crippen MR) is 87.9 cm³/mol. The normalized spacial score (nSPS) is 10.5. The Bertz CT molecular complexity index is 450. The van der Waals surface area contributed by atoms with Gasteiger partial charge in [-0.25, -0.2) is 5.84 Å². The summed E-state index contributed by atoms with van der Waals surface area (Å²) in [6.07, 6.45) is 9.99. The van der Waals surface area contributed by atoms with E-state index in [1.807, 2.05) is 5.43 Å². The largest absolute Gasteiger partial charge is 0.507 e. The first-order valence-corrected chi connectivity index (χ1v) is 8.15. The van der Waals surface area contributed by atoms with Crippen LogP contribution in [0.25, 0.3) is 0 Å². The lowest BCUT2D eigenvalue weighted by atomic mass is 10.1. The number of ether oxygens (including phenoxy) is 1. The van der Waals surface area contributed by atoms with Crippen molar-refractivity contribution < 1.29 is 14.6 Å². The highest BCUT2D eigenvalue weighted by Gasteiger charge is 2.10. The van der Waals surface area contributed by atoms with Crippen molar-refractivity contribution in [2.45, 2.75) is 58.3 Å². The molecule has 1 amide bonds. The smallest absolute Gasteiger partial charge is 0.268 e. The van der Waals surface area contributed by atoms with Crippen LogP contribution in [0.5, 0.6) is 11.5 Å². The average Bonchev–Trinajstić information content (AvgIpc) is 2.52. The third-order valence-electron chi connectivity index (χ3n) is 3.61. The lowest BCUT2D eigenvalue weighted by Gasteiger charge is -2.08. The average molecular weight is 308 g/mol. The van der Waals surface area contributed by atoms with Crippen LogP contribution in [0.3, 0.4) is 0 Å². The molecule has 0 saturated heterocycles. The number of nitrogens with one attached hydrogen (secondary N) is 1. The maximum Gasteiger partial charge on any atom is 0.268 e. The molecule has 22 heavy (non-hydrogen) atoms. The Morgan fingerprint density at radius 1 is 1.14 bits per heavy atom. The number of hydrogen-bond acceptors (Lipinski definition) is 4. The van der Waals surface area contributed by atoms with Gasteiger partial charge in [-0.2, -0.15) is 0 Å². The molecule has 5 nitrogen and oxygen atoms in total. The highest BCUT2D eigenvalue weighted by molar-refractivity contribution is 5.96. The SMILES string of the molecule is CCCCCCCCCCOc1ccc(C(=O)NN)c(O)c1. The van der Waals surface area contributed by atoms with Crippen molar-refractivity contribution in [3.05, 3.63) is 23.8 Å². The number of phenolic OH excluding ortho intramolecular Hbond substituents is 1. The van der Waals surface area contributed by atoms with Crippen molar-refractivity contribution in [3.63, 3.8) is 0 Å². The van der Waals surface area contributed by atoms with Crippen LogP contribution < -0.4 is 16.0 Å². The van der Waals surface area contributed by atoms with Gasteiger partial charge in [0.2, 0.25) is 0 Å². The van der Waals surface area contributed by atoms with Crippen molar-refractivity contribution in [1.82, 2.24) is 5.43 Å². The second-order valence-electron chi connectivity index (χ2n) is 5.48. The number of rotatable bonds is 11. The summed E-state index contributed by atoms with van der Waals surface area (Å²) in [6.45, 7) is 2.85. The number of aromatic hydroxyl groups is 1. The molecule has 0 unspecified atom stereocenters. The first-order valence-electron chi connectivity index (χ1n) is 8.15. The zero-order valence-corrected chi connectivity index (χ0v) is 13.4. The van der Waals surface area contributed by atoms with Gasteiger partial charge < -0.3 is 9.84 Å². The highest BCUT2D eigenvalue weighted by Crippen LogP contribution is 2.23. The molecule has 1 rings (SSSR count). The van der Waals surface area contributed by atoms with E-state index in [4.69, 9.17) is 10.6 Å². The summed E-state index contributed by atoms with van der Waals surface area (Å²) in [6, 6.07) is 4.60. The van der Waals surface area contributed by atoms with E-state index in [2.05, 4.69) is 6.92 Å². The first kappa shape index (κ1) is 18.3. The fraction of sp³-hybridized carbons (Fsp3) is 0.588. The molecule has 1 aromatic rings. The van der Waals surface area contributed by atoms with Crippen molar-refractivity contribution in [2.24, 2.45) is 5.84 Å². The van der Waals surface area contributed by atoms with Crippen LogP contribution in [0.2, 0.25) is 0 Å². The quantitative estimate of drug-likeness (QED) is 0.253. The lowest BCUT2D eigenvalue weighted by Crippen LogP contribution is -2.29. The molecule has 0 aliphatic heterocycles. The van der Waals surface area contributed by atoms with E-state index in [9.17, 15) is 9.90 Å². The Balaban J connectivity index is 2.17. The first-order chi connectivity index (χ1) is 10.7. The second-order valence-corrected chi connectivity index (χ2v) is 5.48. The molecule has 0 atom stereocenters. The van der Waals surface area contributed by atoms with Crippen molar-refractivity contribution >= 4 is 5.91 Å². The second kappa shape index (κ2) is 10.9. The number of hydrazine groups is 1. The number of hydrogen-bond donors (Lipinski definition) is 3. The van der Waals surface area contributed by atoms with Crippen LogP contribution in [-0.4, -0.2) is 17.6 Å². The number of phenols is 1. The van der Waals surface area contributed by atoms with E-state index in [-0.39, 0.29) is 11.3 Å². The van der Waals surface area contributed by atoms with Crippen molar-refractivity contribution in [1.29, 1.82) is 0 Å². The van der Waals surface area contributed by atoms with Crippen LogP contribution in [0.15, 0.2) is 18.2 Å². The third kappa shape index (κ3) is 6.80. The summed E-state index contributed by atoms with van der Waals surface area (Å²) in [5.74, 6) is 4.95. The van der Waals surface area contributed by atoms with Gasteiger partial charge in [-0.05, 0) is 18.6 Å². The van der Waals surface area contributed by atoms with Gasteiger partial charge in [-0.15, -0.1) is 0 Å². The fourth-order valence-electron chi connectivity index (χ4n) is 2.30. The van der Waals surface area contributed by atoms with Crippen LogP contribution in [0, 0.1) is 0 Å². The maximum absolute atomic E-state index is 11.3. The number of nitrogens with two attached hydrogens (primary N) is 1. The molecule has 0 heterocycles. The van der Waals surface area contributed by atoms with Crippen LogP contribution >= 0.6 is 0 Å². The molecule has 0 bridgehead atoms. The molecule has 0 aromatic heterocycles. The molecular weight excluding hydrogens is 280 g/mol. The topological polar surface area (TPSA) is 84.6 Å². The Hall–Kier alpha value is -1.75. The van der Waals surface area contributed by atoms with Gasteiger partial charge in [0.25, 0.3) is 5.91 Å². The lowest BCUT2D eigenvalue weighted by molar-refractivity contribution is 0.0951. The van der Waals surface area contributed by atoms with Gasteiger partial charge in [-0.3, -0.25) is 10.2 Å². The van der Waals surface area contributed by atoms with E-state index in [0.29, 0.717) is 12.4 Å². The molecule has 0 radical (unpaired) electrons. The van der Waals surface area contributed by atoms with Gasteiger partial charge in [0.05, 0.1) is 12.2 Å². The summed E-state index contributed by atoms with van der Waals surface area (Å²) in [5, 5.41) is 9.74. The van der Waals surface area contributed by atoms with E-state index < -0.39 is 5.91 Å².